The van der Waals surface area contributed by atoms with Crippen molar-refractivity contribution >= 4 is 22.8 Å². The SMILES string of the molecule is COc1ccc(-c2c(C)nn3c4c(nnc23)C(=O)C[C@@H](c2cccs2)C4)cc1. The number of carbonyl (C=O) groups excluding carboxylic acids is 1. The van der Waals surface area contributed by atoms with Gasteiger partial charge in [0, 0.05) is 23.6 Å². The Hall–Kier alpha value is -3.06. The van der Waals surface area contributed by atoms with E-state index in [1.165, 1.54) is 4.88 Å². The van der Waals surface area contributed by atoms with Gasteiger partial charge in [-0.2, -0.15) is 5.10 Å². The fourth-order valence-corrected chi connectivity index (χ4v) is 4.73. The molecule has 0 N–H and O–H groups in total. The van der Waals surface area contributed by atoms with Crippen LogP contribution >= 0.6 is 11.3 Å². The number of hydrogen-bond acceptors (Lipinski definition) is 6. The number of thiophene rings is 1. The van der Waals surface area contributed by atoms with Crippen molar-refractivity contribution in [3.8, 4) is 16.9 Å². The number of fused-ring (bicyclic) bond motifs is 3. The van der Waals surface area contributed by atoms with E-state index in [2.05, 4.69) is 21.6 Å². The van der Waals surface area contributed by atoms with Gasteiger partial charge < -0.3 is 4.74 Å². The third kappa shape index (κ3) is 2.62. The number of rotatable bonds is 3. The summed E-state index contributed by atoms with van der Waals surface area (Å²) < 4.78 is 7.07. The summed E-state index contributed by atoms with van der Waals surface area (Å²) in [4.78, 5) is 13.9. The number of aryl methyl sites for hydroxylation is 1. The third-order valence-electron chi connectivity index (χ3n) is 5.27. The quantitative estimate of drug-likeness (QED) is 0.527. The summed E-state index contributed by atoms with van der Waals surface area (Å²) in [6, 6.07) is 11.9. The zero-order valence-corrected chi connectivity index (χ0v) is 16.4. The second-order valence-corrected chi connectivity index (χ2v) is 7.94. The highest BCUT2D eigenvalue weighted by Crippen LogP contribution is 2.36. The van der Waals surface area contributed by atoms with Gasteiger partial charge in [0.05, 0.1) is 24.1 Å². The molecule has 7 heteroatoms. The number of nitrogens with zero attached hydrogens (tertiary/aromatic N) is 4. The Morgan fingerprint density at radius 2 is 1.96 bits per heavy atom. The highest BCUT2D eigenvalue weighted by Gasteiger charge is 2.31. The van der Waals surface area contributed by atoms with Crippen LogP contribution in [0.15, 0.2) is 41.8 Å². The lowest BCUT2D eigenvalue weighted by molar-refractivity contribution is 0.0956. The maximum Gasteiger partial charge on any atom is 0.185 e. The monoisotopic (exact) mass is 390 g/mol. The van der Waals surface area contributed by atoms with Crippen LogP contribution in [-0.2, 0) is 6.42 Å². The van der Waals surface area contributed by atoms with Crippen LogP contribution in [0.5, 0.6) is 5.75 Å². The molecule has 5 rings (SSSR count). The molecule has 4 aromatic rings. The summed E-state index contributed by atoms with van der Waals surface area (Å²) in [6.45, 7) is 1.96. The topological polar surface area (TPSA) is 69.4 Å². The van der Waals surface area contributed by atoms with Crippen molar-refractivity contribution in [3.05, 3.63) is 63.7 Å². The molecule has 1 aliphatic rings. The largest absolute Gasteiger partial charge is 0.497 e. The van der Waals surface area contributed by atoms with Crippen LogP contribution in [0.2, 0.25) is 0 Å². The molecule has 1 aromatic carbocycles. The number of Topliss-reactive ketones (excluding diaryl/α,β-unsaturated/α-hetero) is 1. The van der Waals surface area contributed by atoms with Crippen LogP contribution in [0.3, 0.4) is 0 Å². The predicted octanol–water partition coefficient (Wildman–Crippen LogP) is 4.08. The Labute approximate surface area is 165 Å². The van der Waals surface area contributed by atoms with Crippen LogP contribution < -0.4 is 4.74 Å². The van der Waals surface area contributed by atoms with Gasteiger partial charge in [-0.05, 0) is 36.1 Å². The molecule has 140 valence electrons. The van der Waals surface area contributed by atoms with E-state index in [4.69, 9.17) is 9.84 Å². The molecule has 28 heavy (non-hydrogen) atoms. The number of carbonyl (C=O) groups is 1. The van der Waals surface area contributed by atoms with Gasteiger partial charge in [-0.15, -0.1) is 21.5 Å². The molecule has 1 atom stereocenters. The molecule has 0 amide bonds. The Bertz CT molecular complexity index is 1180. The summed E-state index contributed by atoms with van der Waals surface area (Å²) in [5, 5.41) is 15.4. The minimum atomic E-state index is 0.0354. The highest BCUT2D eigenvalue weighted by atomic mass is 32.1. The molecule has 0 saturated carbocycles. The van der Waals surface area contributed by atoms with Gasteiger partial charge in [-0.1, -0.05) is 18.2 Å². The summed E-state index contributed by atoms with van der Waals surface area (Å²) in [5.41, 5.74) is 4.77. The average molecular weight is 390 g/mol. The maximum absolute atomic E-state index is 12.7. The van der Waals surface area contributed by atoms with E-state index in [0.29, 0.717) is 17.8 Å². The van der Waals surface area contributed by atoms with E-state index < -0.39 is 0 Å². The van der Waals surface area contributed by atoms with Crippen LogP contribution in [0, 0.1) is 6.92 Å². The summed E-state index contributed by atoms with van der Waals surface area (Å²) in [7, 11) is 1.65. The molecule has 6 nitrogen and oxygen atoms in total. The zero-order valence-electron chi connectivity index (χ0n) is 15.5. The Morgan fingerprint density at radius 1 is 1.14 bits per heavy atom. The van der Waals surface area contributed by atoms with Gasteiger partial charge in [0.15, 0.2) is 17.1 Å². The molecule has 1 aliphatic carbocycles. The van der Waals surface area contributed by atoms with Crippen molar-refractivity contribution in [1.29, 1.82) is 0 Å². The Balaban J connectivity index is 1.66. The van der Waals surface area contributed by atoms with Gasteiger partial charge in [0.25, 0.3) is 0 Å². The van der Waals surface area contributed by atoms with Crippen LogP contribution in [0.4, 0.5) is 0 Å². The minimum Gasteiger partial charge on any atom is -0.497 e. The Morgan fingerprint density at radius 3 is 2.68 bits per heavy atom. The zero-order chi connectivity index (χ0) is 19.3. The van der Waals surface area contributed by atoms with Crippen LogP contribution in [0.25, 0.3) is 16.8 Å². The normalized spacial score (nSPS) is 16.4. The molecule has 0 saturated heterocycles. The van der Waals surface area contributed by atoms with Crippen LogP contribution in [0.1, 0.15) is 39.1 Å². The number of hydrogen-bond donors (Lipinski definition) is 0. The molecule has 0 aliphatic heterocycles. The smallest absolute Gasteiger partial charge is 0.185 e. The van der Waals surface area contributed by atoms with Crippen molar-refractivity contribution < 1.29 is 9.53 Å². The standard InChI is InChI=1S/C21H18N4O2S/c1-12-19(13-5-7-15(27-2)8-6-13)21-23-22-20-16(25(21)24-12)10-14(11-17(20)26)18-4-3-9-28-18/h3-9,14H,10-11H2,1-2H3/t14-/m0/s1. The molecule has 3 aromatic heterocycles. The molecule has 3 heterocycles. The first kappa shape index (κ1) is 17.1. The fraction of sp³-hybridized carbons (Fsp3) is 0.238. The first-order valence-electron chi connectivity index (χ1n) is 9.11. The first-order chi connectivity index (χ1) is 13.7. The van der Waals surface area contributed by atoms with Gasteiger partial charge >= 0.3 is 0 Å². The fourth-order valence-electron chi connectivity index (χ4n) is 3.90. The van der Waals surface area contributed by atoms with Crippen molar-refractivity contribution in [2.75, 3.05) is 7.11 Å². The summed E-state index contributed by atoms with van der Waals surface area (Å²) >= 11 is 1.69. The van der Waals surface area contributed by atoms with Crippen molar-refractivity contribution in [2.24, 2.45) is 0 Å². The Kier molecular flexibility index (Phi) is 3.98. The van der Waals surface area contributed by atoms with Crippen LogP contribution in [-0.4, -0.2) is 32.7 Å². The highest BCUT2D eigenvalue weighted by molar-refractivity contribution is 7.10. The lowest BCUT2D eigenvalue weighted by Gasteiger charge is -2.21. The van der Waals surface area contributed by atoms with E-state index in [0.717, 1.165) is 34.7 Å². The average Bonchev–Trinajstić information content (AvgIpc) is 3.35. The molecular formula is C21H18N4O2S. The number of ether oxygens (including phenoxy) is 1. The van der Waals surface area contributed by atoms with Crippen molar-refractivity contribution in [2.45, 2.75) is 25.7 Å². The van der Waals surface area contributed by atoms with E-state index >= 15 is 0 Å². The van der Waals surface area contributed by atoms with Gasteiger partial charge in [-0.3, -0.25) is 4.79 Å². The number of benzene rings is 1. The number of ketones is 1. The summed E-state index contributed by atoms with van der Waals surface area (Å²) in [5.74, 6) is 1.00. The number of methoxy groups -OCH3 is 1. The lowest BCUT2D eigenvalue weighted by Crippen LogP contribution is -2.23. The molecule has 0 radical (unpaired) electrons. The maximum atomic E-state index is 12.7. The lowest BCUT2D eigenvalue weighted by atomic mass is 9.87. The van der Waals surface area contributed by atoms with E-state index in [9.17, 15) is 4.79 Å². The van der Waals surface area contributed by atoms with E-state index in [-0.39, 0.29) is 11.7 Å². The second kappa shape index (κ2) is 6.53. The first-order valence-corrected chi connectivity index (χ1v) is 9.99. The number of aromatic nitrogens is 4. The third-order valence-corrected chi connectivity index (χ3v) is 6.30. The molecule has 0 fully saturated rings. The second-order valence-electron chi connectivity index (χ2n) is 6.96. The van der Waals surface area contributed by atoms with Gasteiger partial charge in [0.1, 0.15) is 5.75 Å². The predicted molar refractivity (Wildman–Crippen MR) is 107 cm³/mol. The van der Waals surface area contributed by atoms with Crippen molar-refractivity contribution in [3.63, 3.8) is 0 Å². The minimum absolute atomic E-state index is 0.0354. The molecular weight excluding hydrogens is 372 g/mol. The van der Waals surface area contributed by atoms with Crippen molar-refractivity contribution in [1.82, 2.24) is 19.8 Å². The van der Waals surface area contributed by atoms with E-state index in [1.807, 2.05) is 41.8 Å². The van der Waals surface area contributed by atoms with Gasteiger partial charge in [0.2, 0.25) is 0 Å². The molecule has 0 bridgehead atoms. The summed E-state index contributed by atoms with van der Waals surface area (Å²) in [6.07, 6.45) is 1.20. The van der Waals surface area contributed by atoms with Gasteiger partial charge in [-0.25, -0.2) is 4.52 Å². The molecule has 0 unspecified atom stereocenters. The molecule has 0 spiro atoms. The van der Waals surface area contributed by atoms with E-state index in [1.54, 1.807) is 18.4 Å².